The first-order chi connectivity index (χ1) is 21.1. The Kier molecular flexibility index (Phi) is 10.7. The van der Waals surface area contributed by atoms with Crippen LogP contribution in [-0.4, -0.2) is 37.8 Å². The van der Waals surface area contributed by atoms with Crippen LogP contribution in [0.15, 0.2) is 84.9 Å². The Balaban J connectivity index is 1.33. The van der Waals surface area contributed by atoms with E-state index in [9.17, 15) is 9.90 Å². The van der Waals surface area contributed by atoms with Gasteiger partial charge in [-0.05, 0) is 89.3 Å². The SMILES string of the molecule is C=C(CNC(C)(O)c1ccn(C(C)(C)CC(CC)CC(=O)OC(C)(C)C)c1)Nc1nc(-c2cccc(-c3ccncc3)c2)cs1. The molecule has 0 amide bonds. The van der Waals surface area contributed by atoms with Gasteiger partial charge in [-0.25, -0.2) is 4.98 Å². The first kappa shape index (κ1) is 34.1. The molecule has 0 aliphatic carbocycles. The molecule has 0 aliphatic heterocycles. The minimum Gasteiger partial charge on any atom is -0.460 e. The molecule has 0 bridgehead atoms. The summed E-state index contributed by atoms with van der Waals surface area (Å²) in [6.07, 6.45) is 9.60. The van der Waals surface area contributed by atoms with Gasteiger partial charge in [-0.3, -0.25) is 15.1 Å². The zero-order valence-electron chi connectivity index (χ0n) is 27.6. The molecule has 4 rings (SSSR count). The fourth-order valence-corrected chi connectivity index (χ4v) is 6.06. The fraction of sp³-hybridized carbons (Fsp3) is 0.417. The van der Waals surface area contributed by atoms with E-state index in [0.717, 1.165) is 45.9 Å². The summed E-state index contributed by atoms with van der Waals surface area (Å²) in [6, 6.07) is 14.2. The molecule has 0 saturated carbocycles. The van der Waals surface area contributed by atoms with Crippen molar-refractivity contribution in [3.05, 3.63) is 90.5 Å². The van der Waals surface area contributed by atoms with Crippen LogP contribution < -0.4 is 10.6 Å². The van der Waals surface area contributed by atoms with E-state index < -0.39 is 11.3 Å². The van der Waals surface area contributed by atoms with Crippen molar-refractivity contribution in [1.82, 2.24) is 19.9 Å². The van der Waals surface area contributed by atoms with Crippen molar-refractivity contribution in [2.24, 2.45) is 5.92 Å². The van der Waals surface area contributed by atoms with Crippen LogP contribution in [0.1, 0.15) is 73.3 Å². The highest BCUT2D eigenvalue weighted by molar-refractivity contribution is 7.14. The van der Waals surface area contributed by atoms with Crippen LogP contribution in [0.2, 0.25) is 0 Å². The predicted octanol–water partition coefficient (Wildman–Crippen LogP) is 7.94. The van der Waals surface area contributed by atoms with Crippen LogP contribution in [0.4, 0.5) is 5.13 Å². The van der Waals surface area contributed by atoms with Crippen molar-refractivity contribution in [1.29, 1.82) is 0 Å². The van der Waals surface area contributed by atoms with Gasteiger partial charge in [0.15, 0.2) is 5.13 Å². The summed E-state index contributed by atoms with van der Waals surface area (Å²) in [5.41, 5.74) is 3.52. The quantitative estimate of drug-likeness (QED) is 0.0962. The van der Waals surface area contributed by atoms with Crippen molar-refractivity contribution in [3.8, 4) is 22.4 Å². The van der Waals surface area contributed by atoms with Crippen molar-refractivity contribution in [2.75, 3.05) is 11.9 Å². The topological polar surface area (TPSA) is 101 Å². The van der Waals surface area contributed by atoms with Gasteiger partial charge in [0.2, 0.25) is 0 Å². The van der Waals surface area contributed by atoms with E-state index in [1.165, 1.54) is 11.3 Å². The summed E-state index contributed by atoms with van der Waals surface area (Å²) in [5, 5.41) is 20.6. The normalized spacial score (nSPS) is 14.0. The second kappa shape index (κ2) is 14.1. The number of thiazole rings is 1. The lowest BCUT2D eigenvalue weighted by Crippen LogP contribution is -2.41. The minimum atomic E-state index is -1.28. The van der Waals surface area contributed by atoms with Crippen LogP contribution in [-0.2, 0) is 20.8 Å². The molecule has 3 N–H and O–H groups in total. The van der Waals surface area contributed by atoms with E-state index in [1.807, 2.05) is 68.9 Å². The fourth-order valence-electron chi connectivity index (χ4n) is 5.30. The summed E-state index contributed by atoms with van der Waals surface area (Å²) in [5.74, 6) is 0.0222. The van der Waals surface area contributed by atoms with Crippen LogP contribution in [0.5, 0.6) is 0 Å². The zero-order valence-corrected chi connectivity index (χ0v) is 28.4. The van der Waals surface area contributed by atoms with Gasteiger partial charge in [-0.1, -0.05) is 38.1 Å². The predicted molar refractivity (Wildman–Crippen MR) is 184 cm³/mol. The summed E-state index contributed by atoms with van der Waals surface area (Å²) >= 11 is 1.51. The minimum absolute atomic E-state index is 0.163. The number of pyridine rings is 1. The number of nitrogens with one attached hydrogen (secondary N) is 2. The molecule has 240 valence electrons. The average Bonchev–Trinajstić information content (AvgIpc) is 3.67. The van der Waals surface area contributed by atoms with Crippen molar-refractivity contribution >= 4 is 22.4 Å². The van der Waals surface area contributed by atoms with Gasteiger partial charge < -0.3 is 19.7 Å². The Morgan fingerprint density at radius 3 is 2.47 bits per heavy atom. The molecule has 8 nitrogen and oxygen atoms in total. The van der Waals surface area contributed by atoms with Gasteiger partial charge >= 0.3 is 5.97 Å². The lowest BCUT2D eigenvalue weighted by atomic mass is 9.86. The zero-order chi connectivity index (χ0) is 32.8. The second-order valence-corrected chi connectivity index (χ2v) is 14.3. The number of esters is 1. The summed E-state index contributed by atoms with van der Waals surface area (Å²) < 4.78 is 7.67. The Morgan fingerprint density at radius 1 is 1.07 bits per heavy atom. The molecular formula is C36H47N5O3S. The molecule has 0 saturated heterocycles. The molecule has 2 unspecified atom stereocenters. The molecule has 1 aromatic carbocycles. The van der Waals surface area contributed by atoms with E-state index in [0.29, 0.717) is 18.7 Å². The van der Waals surface area contributed by atoms with Gasteiger partial charge in [-0.15, -0.1) is 11.3 Å². The lowest BCUT2D eigenvalue weighted by molar-refractivity contribution is -0.156. The summed E-state index contributed by atoms with van der Waals surface area (Å²) in [7, 11) is 0. The molecule has 9 heteroatoms. The van der Waals surface area contributed by atoms with Crippen molar-refractivity contribution < 1.29 is 14.6 Å². The third-order valence-electron chi connectivity index (χ3n) is 7.80. The van der Waals surface area contributed by atoms with Gasteiger partial charge in [-0.2, -0.15) is 0 Å². The maximum atomic E-state index is 12.5. The Labute approximate surface area is 271 Å². The van der Waals surface area contributed by atoms with Crippen molar-refractivity contribution in [2.45, 2.75) is 84.6 Å². The number of benzene rings is 1. The third-order valence-corrected chi connectivity index (χ3v) is 8.56. The van der Waals surface area contributed by atoms with Crippen LogP contribution in [0, 0.1) is 5.92 Å². The van der Waals surface area contributed by atoms with E-state index >= 15 is 0 Å². The lowest BCUT2D eigenvalue weighted by Gasteiger charge is -2.32. The molecule has 0 aliphatic rings. The van der Waals surface area contributed by atoms with Crippen molar-refractivity contribution in [3.63, 3.8) is 0 Å². The number of anilines is 1. The number of nitrogens with zero attached hydrogens (tertiary/aromatic N) is 3. The third kappa shape index (κ3) is 9.60. The average molecular weight is 630 g/mol. The van der Waals surface area contributed by atoms with E-state index in [1.54, 1.807) is 19.3 Å². The standard InChI is InChI=1S/C36H47N5O3S/c1-9-26(19-32(42)44-34(3,4)5)21-35(6,7)41-18-15-30(23-41)36(8,43)38-22-25(2)39-33-40-31(24-45-33)29-12-10-11-28(20-29)27-13-16-37-17-14-27/h10-18,20,23-24,26,38,43H,2,9,19,21-22H2,1,3-8H3,(H,39,40). The van der Waals surface area contributed by atoms with Gasteiger partial charge in [0.1, 0.15) is 11.3 Å². The maximum Gasteiger partial charge on any atom is 0.306 e. The molecular weight excluding hydrogens is 582 g/mol. The number of aliphatic hydroxyl groups is 1. The maximum absolute atomic E-state index is 12.5. The van der Waals surface area contributed by atoms with E-state index in [4.69, 9.17) is 9.72 Å². The number of ether oxygens (including phenoxy) is 1. The second-order valence-electron chi connectivity index (χ2n) is 13.4. The largest absolute Gasteiger partial charge is 0.460 e. The first-order valence-corrected chi connectivity index (χ1v) is 16.3. The number of carbonyl (C=O) groups is 1. The van der Waals surface area contributed by atoms with Crippen LogP contribution >= 0.6 is 11.3 Å². The van der Waals surface area contributed by atoms with Gasteiger partial charge in [0.05, 0.1) is 5.69 Å². The molecule has 3 aromatic heterocycles. The molecule has 0 fully saturated rings. The highest BCUT2D eigenvalue weighted by atomic mass is 32.1. The number of aromatic nitrogens is 3. The highest BCUT2D eigenvalue weighted by Gasteiger charge is 2.30. The summed E-state index contributed by atoms with van der Waals surface area (Å²) in [6.45, 7) is 18.3. The monoisotopic (exact) mass is 629 g/mol. The number of rotatable bonds is 14. The number of hydrogen-bond acceptors (Lipinski definition) is 8. The van der Waals surface area contributed by atoms with E-state index in [2.05, 4.69) is 59.7 Å². The van der Waals surface area contributed by atoms with E-state index in [-0.39, 0.29) is 17.4 Å². The molecule has 2 atom stereocenters. The molecule has 45 heavy (non-hydrogen) atoms. The molecule has 4 aromatic rings. The first-order valence-electron chi connectivity index (χ1n) is 15.4. The Hall–Kier alpha value is -3.79. The Bertz CT molecular complexity index is 1580. The van der Waals surface area contributed by atoms with Gasteiger partial charge in [0, 0.05) is 65.5 Å². The number of hydrogen-bond donors (Lipinski definition) is 3. The number of carbonyl (C=O) groups excluding carboxylic acids is 1. The summed E-state index contributed by atoms with van der Waals surface area (Å²) in [4.78, 5) is 21.3. The molecule has 0 radical (unpaired) electrons. The van der Waals surface area contributed by atoms with Crippen LogP contribution in [0.25, 0.3) is 22.4 Å². The molecule has 0 spiro atoms. The smallest absolute Gasteiger partial charge is 0.306 e. The van der Waals surface area contributed by atoms with Gasteiger partial charge in [0.25, 0.3) is 0 Å². The molecule has 3 heterocycles. The van der Waals surface area contributed by atoms with Crippen LogP contribution in [0.3, 0.4) is 0 Å². The Morgan fingerprint density at radius 2 is 1.78 bits per heavy atom. The highest BCUT2D eigenvalue weighted by Crippen LogP contribution is 2.32.